The normalized spacial score (nSPS) is 18.0. The number of piperidine rings is 1. The second-order valence-corrected chi connectivity index (χ2v) is 6.55. The zero-order valence-corrected chi connectivity index (χ0v) is 11.5. The zero-order valence-electron chi connectivity index (χ0n) is 10.6. The fourth-order valence-corrected chi connectivity index (χ4v) is 3.86. The van der Waals surface area contributed by atoms with Gasteiger partial charge in [0.2, 0.25) is 10.0 Å². The molecule has 1 heterocycles. The Hall–Kier alpha value is -1.20. The van der Waals surface area contributed by atoms with E-state index in [-0.39, 0.29) is 5.78 Å². The van der Waals surface area contributed by atoms with Crippen molar-refractivity contribution in [2.24, 2.45) is 0 Å². The van der Waals surface area contributed by atoms with E-state index in [1.807, 2.05) is 19.9 Å². The van der Waals surface area contributed by atoms with Crippen molar-refractivity contribution in [2.75, 3.05) is 13.1 Å². The molecule has 1 aliphatic heterocycles. The molecule has 0 spiro atoms. The summed E-state index contributed by atoms with van der Waals surface area (Å²) in [7, 11) is -3.46. The van der Waals surface area contributed by atoms with Crippen molar-refractivity contribution in [1.82, 2.24) is 4.31 Å². The molecule has 2 rings (SSSR count). The maximum atomic E-state index is 12.5. The molecule has 0 N–H and O–H groups in total. The highest BCUT2D eigenvalue weighted by atomic mass is 32.2. The van der Waals surface area contributed by atoms with E-state index in [2.05, 4.69) is 0 Å². The number of hydrogen-bond donors (Lipinski definition) is 0. The monoisotopic (exact) mass is 267 g/mol. The lowest BCUT2D eigenvalue weighted by Gasteiger charge is -2.26. The van der Waals surface area contributed by atoms with Crippen molar-refractivity contribution < 1.29 is 13.2 Å². The van der Waals surface area contributed by atoms with Gasteiger partial charge in [0.25, 0.3) is 0 Å². The second-order valence-electron chi connectivity index (χ2n) is 4.64. The van der Waals surface area contributed by atoms with Crippen LogP contribution in [-0.2, 0) is 14.8 Å². The van der Waals surface area contributed by atoms with Crippen LogP contribution in [0.25, 0.3) is 0 Å². The Labute approximate surface area is 108 Å². The largest absolute Gasteiger partial charge is 0.300 e. The van der Waals surface area contributed by atoms with E-state index in [1.165, 1.54) is 4.31 Å². The lowest BCUT2D eigenvalue weighted by atomic mass is 10.1. The van der Waals surface area contributed by atoms with Crippen LogP contribution in [0.4, 0.5) is 0 Å². The molecule has 4 nitrogen and oxygen atoms in total. The number of Topliss-reactive ketones (excluding diaryl/α,β-unsaturated/α-hetero) is 1. The van der Waals surface area contributed by atoms with Crippen LogP contribution in [0.1, 0.15) is 24.0 Å². The van der Waals surface area contributed by atoms with Gasteiger partial charge >= 0.3 is 0 Å². The fourth-order valence-electron chi connectivity index (χ4n) is 2.12. The van der Waals surface area contributed by atoms with E-state index < -0.39 is 10.0 Å². The van der Waals surface area contributed by atoms with Crippen LogP contribution in [0.3, 0.4) is 0 Å². The molecule has 1 fully saturated rings. The molecule has 0 bridgehead atoms. The van der Waals surface area contributed by atoms with E-state index >= 15 is 0 Å². The highest BCUT2D eigenvalue weighted by Gasteiger charge is 2.29. The number of rotatable bonds is 2. The molecule has 98 valence electrons. The SMILES string of the molecule is Cc1cccc(S(=O)(=O)N2CCC(=O)CC2)c1C. The van der Waals surface area contributed by atoms with Crippen molar-refractivity contribution in [3.63, 3.8) is 0 Å². The van der Waals surface area contributed by atoms with Crippen LogP contribution in [0.5, 0.6) is 0 Å². The summed E-state index contributed by atoms with van der Waals surface area (Å²) in [6, 6.07) is 5.28. The molecule has 1 saturated heterocycles. The van der Waals surface area contributed by atoms with Crippen LogP contribution in [0.2, 0.25) is 0 Å². The highest BCUT2D eigenvalue weighted by Crippen LogP contribution is 2.24. The summed E-state index contributed by atoms with van der Waals surface area (Å²) in [5, 5.41) is 0. The molecule has 0 unspecified atom stereocenters. The first kappa shape index (κ1) is 13.2. The summed E-state index contributed by atoms with van der Waals surface area (Å²) in [6.07, 6.45) is 0.647. The average molecular weight is 267 g/mol. The van der Waals surface area contributed by atoms with Gasteiger partial charge in [0, 0.05) is 25.9 Å². The molecule has 1 aliphatic rings. The summed E-state index contributed by atoms with van der Waals surface area (Å²) in [5.74, 6) is 0.141. The Morgan fingerprint density at radius 1 is 1.11 bits per heavy atom. The van der Waals surface area contributed by atoms with Gasteiger partial charge in [-0.2, -0.15) is 4.31 Å². The van der Waals surface area contributed by atoms with Crippen LogP contribution in [0, 0.1) is 13.8 Å². The number of benzene rings is 1. The number of carbonyl (C=O) groups excluding carboxylic acids is 1. The van der Waals surface area contributed by atoms with Gasteiger partial charge in [-0.15, -0.1) is 0 Å². The van der Waals surface area contributed by atoms with Gasteiger partial charge in [0.15, 0.2) is 0 Å². The van der Waals surface area contributed by atoms with E-state index in [4.69, 9.17) is 0 Å². The van der Waals surface area contributed by atoms with Gasteiger partial charge in [-0.1, -0.05) is 12.1 Å². The summed E-state index contributed by atoms with van der Waals surface area (Å²) in [4.78, 5) is 11.5. The fraction of sp³-hybridized carbons (Fsp3) is 0.462. The number of hydrogen-bond acceptors (Lipinski definition) is 3. The van der Waals surface area contributed by atoms with Crippen LogP contribution < -0.4 is 0 Å². The van der Waals surface area contributed by atoms with Gasteiger partial charge < -0.3 is 0 Å². The average Bonchev–Trinajstić information content (AvgIpc) is 2.33. The van der Waals surface area contributed by atoms with Gasteiger partial charge in [-0.05, 0) is 31.0 Å². The van der Waals surface area contributed by atoms with Crippen molar-refractivity contribution in [2.45, 2.75) is 31.6 Å². The second kappa shape index (κ2) is 4.82. The first-order chi connectivity index (χ1) is 8.43. The molecule has 0 aliphatic carbocycles. The molecule has 0 atom stereocenters. The first-order valence-corrected chi connectivity index (χ1v) is 7.45. The van der Waals surface area contributed by atoms with Gasteiger partial charge in [-0.25, -0.2) is 8.42 Å². The highest BCUT2D eigenvalue weighted by molar-refractivity contribution is 7.89. The van der Waals surface area contributed by atoms with E-state index in [0.29, 0.717) is 30.8 Å². The molecule has 0 saturated carbocycles. The minimum Gasteiger partial charge on any atom is -0.300 e. The molecule has 1 aromatic rings. The Balaban J connectivity index is 2.36. The van der Waals surface area contributed by atoms with E-state index in [0.717, 1.165) is 11.1 Å². The Bertz CT molecular complexity index is 568. The molecule has 5 heteroatoms. The maximum Gasteiger partial charge on any atom is 0.243 e. The standard InChI is InChI=1S/C13H17NO3S/c1-10-4-3-5-13(11(10)2)18(16,17)14-8-6-12(15)7-9-14/h3-5H,6-9H2,1-2H3. The third kappa shape index (κ3) is 2.33. The molecular weight excluding hydrogens is 250 g/mol. The molecule has 0 aromatic heterocycles. The zero-order chi connectivity index (χ0) is 13.3. The van der Waals surface area contributed by atoms with Crippen molar-refractivity contribution in [3.8, 4) is 0 Å². The molecule has 1 aromatic carbocycles. The maximum absolute atomic E-state index is 12.5. The van der Waals surface area contributed by atoms with Gasteiger partial charge in [-0.3, -0.25) is 4.79 Å². The smallest absolute Gasteiger partial charge is 0.243 e. The summed E-state index contributed by atoms with van der Waals surface area (Å²) in [5.41, 5.74) is 1.75. The molecule has 0 radical (unpaired) electrons. The van der Waals surface area contributed by atoms with Crippen molar-refractivity contribution >= 4 is 15.8 Å². The van der Waals surface area contributed by atoms with Crippen LogP contribution >= 0.6 is 0 Å². The number of aryl methyl sites for hydroxylation is 1. The molecule has 18 heavy (non-hydrogen) atoms. The summed E-state index contributed by atoms with van der Waals surface area (Å²) >= 11 is 0. The Kier molecular flexibility index (Phi) is 3.54. The number of nitrogens with zero attached hydrogens (tertiary/aromatic N) is 1. The van der Waals surface area contributed by atoms with Crippen LogP contribution in [-0.4, -0.2) is 31.6 Å². The third-order valence-corrected chi connectivity index (χ3v) is 5.50. The lowest BCUT2D eigenvalue weighted by molar-refractivity contribution is -0.120. The van der Waals surface area contributed by atoms with E-state index in [1.54, 1.807) is 12.1 Å². The predicted octanol–water partition coefficient (Wildman–Crippen LogP) is 1.66. The first-order valence-electron chi connectivity index (χ1n) is 6.01. The lowest BCUT2D eigenvalue weighted by Crippen LogP contribution is -2.38. The Morgan fingerprint density at radius 3 is 2.33 bits per heavy atom. The number of sulfonamides is 1. The summed E-state index contributed by atoms with van der Waals surface area (Å²) < 4.78 is 26.4. The number of carbonyl (C=O) groups is 1. The topological polar surface area (TPSA) is 54.5 Å². The summed E-state index contributed by atoms with van der Waals surface area (Å²) in [6.45, 7) is 4.31. The van der Waals surface area contributed by atoms with Gasteiger partial charge in [0.1, 0.15) is 5.78 Å². The molecule has 0 amide bonds. The molecular formula is C13H17NO3S. The van der Waals surface area contributed by atoms with Crippen molar-refractivity contribution in [1.29, 1.82) is 0 Å². The predicted molar refractivity (Wildman–Crippen MR) is 68.9 cm³/mol. The number of ketones is 1. The minimum atomic E-state index is -3.46. The van der Waals surface area contributed by atoms with E-state index in [9.17, 15) is 13.2 Å². The minimum absolute atomic E-state index is 0.141. The Morgan fingerprint density at radius 2 is 1.72 bits per heavy atom. The third-order valence-electron chi connectivity index (χ3n) is 3.45. The quantitative estimate of drug-likeness (QED) is 0.819. The van der Waals surface area contributed by atoms with Crippen molar-refractivity contribution in [3.05, 3.63) is 29.3 Å². The van der Waals surface area contributed by atoms with Crippen LogP contribution in [0.15, 0.2) is 23.1 Å². The van der Waals surface area contributed by atoms with Gasteiger partial charge in [0.05, 0.1) is 4.90 Å².